The Morgan fingerprint density at radius 2 is 1.86 bits per heavy atom. The van der Waals surface area contributed by atoms with Crippen molar-refractivity contribution in [3.05, 3.63) is 102 Å². The summed E-state index contributed by atoms with van der Waals surface area (Å²) in [4.78, 5) is 30.0. The molecule has 0 saturated carbocycles. The molecule has 5 rings (SSSR count). The molecule has 174 valence electrons. The average Bonchev–Trinajstić information content (AvgIpc) is 3.34. The zero-order valence-corrected chi connectivity index (χ0v) is 22.0. The van der Waals surface area contributed by atoms with E-state index in [0.717, 1.165) is 14.6 Å². The van der Waals surface area contributed by atoms with Crippen LogP contribution < -0.4 is 4.74 Å². The van der Waals surface area contributed by atoms with Gasteiger partial charge in [-0.1, -0.05) is 75.0 Å². The number of hydrogen-bond donors (Lipinski definition) is 0. The van der Waals surface area contributed by atoms with Gasteiger partial charge in [0, 0.05) is 25.1 Å². The number of para-hydroxylation sites is 1. The first-order valence-corrected chi connectivity index (χ1v) is 12.7. The highest BCUT2D eigenvalue weighted by atomic mass is 79.9. The van der Waals surface area contributed by atoms with E-state index in [1.807, 2.05) is 18.2 Å². The summed E-state index contributed by atoms with van der Waals surface area (Å²) in [5.74, 6) is -0.976. The van der Waals surface area contributed by atoms with Crippen LogP contribution in [-0.4, -0.2) is 17.8 Å². The van der Waals surface area contributed by atoms with Gasteiger partial charge in [0.05, 0.1) is 15.6 Å². The minimum Gasteiger partial charge on any atom is -0.422 e. The van der Waals surface area contributed by atoms with Gasteiger partial charge in [-0.3, -0.25) is 0 Å². The molecule has 1 aromatic heterocycles. The van der Waals surface area contributed by atoms with Crippen LogP contribution in [0.15, 0.2) is 75.8 Å². The van der Waals surface area contributed by atoms with Crippen LogP contribution in [0.5, 0.6) is 5.75 Å². The summed E-state index contributed by atoms with van der Waals surface area (Å²) in [7, 11) is 0. The van der Waals surface area contributed by atoms with Gasteiger partial charge in [0.15, 0.2) is 5.70 Å². The minimum atomic E-state index is -0.662. The summed E-state index contributed by atoms with van der Waals surface area (Å²) < 4.78 is 12.7. The Morgan fingerprint density at radius 1 is 1.06 bits per heavy atom. The molecule has 0 aliphatic carbocycles. The van der Waals surface area contributed by atoms with E-state index >= 15 is 0 Å². The first-order valence-electron chi connectivity index (χ1n) is 9.97. The maximum atomic E-state index is 13.0. The Kier molecular flexibility index (Phi) is 6.70. The lowest BCUT2D eigenvalue weighted by molar-refractivity contribution is -0.129. The van der Waals surface area contributed by atoms with Gasteiger partial charge in [0.1, 0.15) is 10.6 Å². The molecule has 1 aliphatic heterocycles. The summed E-state index contributed by atoms with van der Waals surface area (Å²) in [5, 5.41) is 1.83. The smallest absolute Gasteiger partial charge is 0.363 e. The number of carbonyl (C=O) groups excluding carboxylic acids is 2. The molecular formula is C25H11BrCl3NO4S. The fourth-order valence-electron chi connectivity index (χ4n) is 3.34. The van der Waals surface area contributed by atoms with E-state index in [0.29, 0.717) is 26.2 Å². The molecule has 2 heterocycles. The normalized spacial score (nSPS) is 14.3. The highest BCUT2D eigenvalue weighted by Crippen LogP contribution is 2.38. The first kappa shape index (κ1) is 24.0. The van der Waals surface area contributed by atoms with E-state index in [4.69, 9.17) is 44.3 Å². The van der Waals surface area contributed by atoms with Crippen molar-refractivity contribution in [1.29, 1.82) is 0 Å². The number of nitrogens with zero attached hydrogens (tertiary/aromatic N) is 1. The van der Waals surface area contributed by atoms with E-state index in [-0.39, 0.29) is 22.2 Å². The number of aliphatic imine (C=N–C) groups is 1. The fourth-order valence-corrected chi connectivity index (χ4v) is 5.77. The number of hydrogen-bond acceptors (Lipinski definition) is 6. The lowest BCUT2D eigenvalue weighted by Gasteiger charge is -2.07. The van der Waals surface area contributed by atoms with E-state index in [1.165, 1.54) is 23.5 Å². The van der Waals surface area contributed by atoms with Crippen LogP contribution in [0.3, 0.4) is 0 Å². The third-order valence-corrected chi connectivity index (χ3v) is 7.65. The summed E-state index contributed by atoms with van der Waals surface area (Å²) in [5.41, 5.74) is 0.915. The van der Waals surface area contributed by atoms with E-state index < -0.39 is 11.9 Å². The second kappa shape index (κ2) is 9.76. The largest absolute Gasteiger partial charge is 0.422 e. The number of cyclic esters (lactones) is 1. The molecule has 0 radical (unpaired) electrons. The molecule has 1 aliphatic rings. The predicted octanol–water partition coefficient (Wildman–Crippen LogP) is 8.19. The maximum absolute atomic E-state index is 13.0. The Hall–Kier alpha value is -2.68. The molecule has 0 amide bonds. The zero-order chi connectivity index (χ0) is 24.7. The molecule has 35 heavy (non-hydrogen) atoms. The Bertz CT molecular complexity index is 1600. The molecule has 5 nitrogen and oxygen atoms in total. The molecule has 0 bridgehead atoms. The van der Waals surface area contributed by atoms with Crippen molar-refractivity contribution in [3.63, 3.8) is 0 Å². The van der Waals surface area contributed by atoms with Crippen LogP contribution in [0.2, 0.25) is 15.1 Å². The van der Waals surface area contributed by atoms with Gasteiger partial charge >= 0.3 is 11.9 Å². The van der Waals surface area contributed by atoms with E-state index in [9.17, 15) is 9.59 Å². The number of ether oxygens (including phenoxy) is 2. The van der Waals surface area contributed by atoms with Crippen molar-refractivity contribution in [2.24, 2.45) is 4.99 Å². The van der Waals surface area contributed by atoms with Crippen LogP contribution in [0.25, 0.3) is 16.2 Å². The Labute approximate surface area is 226 Å². The molecule has 0 fully saturated rings. The SMILES string of the molecule is O=C1OC(c2ccc(Cl)cc2Cl)=N/C1=C/c1ccccc1OC(=O)c1sc2cc(Br)ccc2c1Cl. The van der Waals surface area contributed by atoms with Crippen molar-refractivity contribution in [2.75, 3.05) is 0 Å². The molecule has 0 atom stereocenters. The third-order valence-electron chi connectivity index (χ3n) is 4.97. The average molecular weight is 608 g/mol. The molecular weight excluding hydrogens is 597 g/mol. The molecule has 0 unspecified atom stereocenters. The number of esters is 2. The van der Waals surface area contributed by atoms with Crippen LogP contribution in [0.1, 0.15) is 20.8 Å². The van der Waals surface area contributed by atoms with Crippen LogP contribution >= 0.6 is 62.1 Å². The van der Waals surface area contributed by atoms with Crippen molar-refractivity contribution in [1.82, 2.24) is 0 Å². The molecule has 0 N–H and O–H groups in total. The van der Waals surface area contributed by atoms with Gasteiger partial charge in [-0.25, -0.2) is 14.6 Å². The monoisotopic (exact) mass is 605 g/mol. The van der Waals surface area contributed by atoms with Gasteiger partial charge in [-0.15, -0.1) is 11.3 Å². The topological polar surface area (TPSA) is 65.0 Å². The van der Waals surface area contributed by atoms with Gasteiger partial charge in [0.25, 0.3) is 0 Å². The lowest BCUT2D eigenvalue weighted by atomic mass is 10.1. The van der Waals surface area contributed by atoms with Crippen LogP contribution in [0, 0.1) is 0 Å². The van der Waals surface area contributed by atoms with Crippen molar-refractivity contribution in [3.8, 4) is 5.75 Å². The molecule has 0 spiro atoms. The lowest BCUT2D eigenvalue weighted by Crippen LogP contribution is -2.08. The fraction of sp³-hybridized carbons (Fsp3) is 0. The summed E-state index contributed by atoms with van der Waals surface area (Å²) in [6, 6.07) is 17.1. The van der Waals surface area contributed by atoms with Crippen LogP contribution in [-0.2, 0) is 9.53 Å². The quantitative estimate of drug-likeness (QED) is 0.133. The molecule has 3 aromatic carbocycles. The van der Waals surface area contributed by atoms with Crippen molar-refractivity contribution in [2.45, 2.75) is 0 Å². The van der Waals surface area contributed by atoms with Gasteiger partial charge in [-0.05, 0) is 42.5 Å². The van der Waals surface area contributed by atoms with Gasteiger partial charge in [0.2, 0.25) is 5.90 Å². The second-order valence-electron chi connectivity index (χ2n) is 7.27. The van der Waals surface area contributed by atoms with E-state index in [2.05, 4.69) is 20.9 Å². The van der Waals surface area contributed by atoms with Gasteiger partial charge < -0.3 is 9.47 Å². The predicted molar refractivity (Wildman–Crippen MR) is 143 cm³/mol. The number of benzene rings is 3. The van der Waals surface area contributed by atoms with Crippen molar-refractivity contribution >= 4 is 96.1 Å². The standard InChI is InChI=1S/C25H11BrCl3NO4S/c26-13-5-7-16-20(10-13)35-22(21(16)29)25(32)33-19-4-2-1-3-12(19)9-18-24(31)34-23(30-18)15-8-6-14(27)11-17(15)28/h1-11H/b18-9+. The number of carbonyl (C=O) groups is 2. The highest BCUT2D eigenvalue weighted by molar-refractivity contribution is 9.10. The molecule has 10 heteroatoms. The Balaban J connectivity index is 1.46. The Morgan fingerprint density at radius 3 is 2.66 bits per heavy atom. The zero-order valence-electron chi connectivity index (χ0n) is 17.4. The van der Waals surface area contributed by atoms with Crippen LogP contribution in [0.4, 0.5) is 0 Å². The highest BCUT2D eigenvalue weighted by Gasteiger charge is 2.26. The number of thiophene rings is 1. The minimum absolute atomic E-state index is 0.0271. The summed E-state index contributed by atoms with van der Waals surface area (Å²) in [6.07, 6.45) is 1.48. The number of rotatable bonds is 4. The number of fused-ring (bicyclic) bond motifs is 1. The van der Waals surface area contributed by atoms with Gasteiger partial charge in [-0.2, -0.15) is 0 Å². The second-order valence-corrected chi connectivity index (χ2v) is 10.5. The summed E-state index contributed by atoms with van der Waals surface area (Å²) in [6.45, 7) is 0. The first-order chi connectivity index (χ1) is 16.8. The number of halogens is 4. The van der Waals surface area contributed by atoms with Crippen molar-refractivity contribution < 1.29 is 19.1 Å². The molecule has 0 saturated heterocycles. The molecule has 4 aromatic rings. The third kappa shape index (κ3) is 4.87. The van der Waals surface area contributed by atoms with E-state index in [1.54, 1.807) is 36.4 Å². The summed E-state index contributed by atoms with van der Waals surface area (Å²) >= 11 is 23.2. The maximum Gasteiger partial charge on any atom is 0.363 e.